The number of halogens is 1. The van der Waals surface area contributed by atoms with Crippen molar-refractivity contribution in [3.05, 3.63) is 95.8 Å². The Morgan fingerprint density at radius 3 is 2.57 bits per heavy atom. The first kappa shape index (κ1) is 19.7. The zero-order chi connectivity index (χ0) is 21.1. The van der Waals surface area contributed by atoms with Crippen LogP contribution in [0, 0.1) is 5.82 Å². The highest BCUT2D eigenvalue weighted by molar-refractivity contribution is 5.97. The van der Waals surface area contributed by atoms with E-state index in [0.29, 0.717) is 17.7 Å². The van der Waals surface area contributed by atoms with E-state index in [1.807, 2.05) is 50.4 Å². The number of pyridine rings is 2. The highest BCUT2D eigenvalue weighted by Crippen LogP contribution is 2.28. The highest BCUT2D eigenvalue weighted by Gasteiger charge is 2.28. The van der Waals surface area contributed by atoms with Gasteiger partial charge in [0.15, 0.2) is 0 Å². The van der Waals surface area contributed by atoms with Crippen molar-refractivity contribution in [2.45, 2.75) is 26.9 Å². The molecule has 4 nitrogen and oxygen atoms in total. The van der Waals surface area contributed by atoms with Gasteiger partial charge in [-0.25, -0.2) is 4.39 Å². The lowest BCUT2D eigenvalue weighted by molar-refractivity contribution is 0.0765. The van der Waals surface area contributed by atoms with E-state index in [1.165, 1.54) is 6.07 Å². The first-order valence-electron chi connectivity index (χ1n) is 10.0. The molecule has 5 rings (SSSR count). The third-order valence-corrected chi connectivity index (χ3v) is 5.14. The van der Waals surface area contributed by atoms with Gasteiger partial charge in [0.25, 0.3) is 5.91 Å². The number of nitrogens with zero attached hydrogens (tertiary/aromatic N) is 3. The van der Waals surface area contributed by atoms with Crippen molar-refractivity contribution in [1.82, 2.24) is 14.9 Å². The summed E-state index contributed by atoms with van der Waals surface area (Å²) in [5.41, 5.74) is 3.59. The van der Waals surface area contributed by atoms with Gasteiger partial charge in [0.05, 0.1) is 17.8 Å². The number of rotatable bonds is 3. The van der Waals surface area contributed by atoms with Gasteiger partial charge in [-0.05, 0) is 46.8 Å². The number of benzene rings is 2. The summed E-state index contributed by atoms with van der Waals surface area (Å²) in [5, 5.41) is 2.11. The van der Waals surface area contributed by atoms with Gasteiger partial charge in [-0.15, -0.1) is 0 Å². The summed E-state index contributed by atoms with van der Waals surface area (Å²) >= 11 is 0. The molecule has 1 aliphatic heterocycles. The smallest absolute Gasteiger partial charge is 0.256 e. The Bertz CT molecular complexity index is 1220. The maximum atomic E-state index is 14.8. The van der Waals surface area contributed by atoms with Crippen LogP contribution in [-0.2, 0) is 13.1 Å². The number of amides is 1. The van der Waals surface area contributed by atoms with Crippen LogP contribution >= 0.6 is 0 Å². The fraction of sp³-hybridized carbons (Fsp3) is 0.160. The summed E-state index contributed by atoms with van der Waals surface area (Å²) < 4.78 is 14.8. The van der Waals surface area contributed by atoms with Crippen molar-refractivity contribution >= 4 is 16.7 Å². The third-order valence-electron chi connectivity index (χ3n) is 5.14. The molecule has 0 saturated carbocycles. The first-order chi connectivity index (χ1) is 14.7. The number of hydrogen-bond acceptors (Lipinski definition) is 3. The van der Waals surface area contributed by atoms with E-state index >= 15 is 0 Å². The maximum absolute atomic E-state index is 14.8. The molecule has 1 aliphatic rings. The molecule has 0 unspecified atom stereocenters. The van der Waals surface area contributed by atoms with E-state index < -0.39 is 0 Å². The molecular weight excluding hydrogens is 377 g/mol. The van der Waals surface area contributed by atoms with E-state index in [2.05, 4.69) is 9.97 Å². The second-order valence-corrected chi connectivity index (χ2v) is 6.90. The number of hydrogen-bond donors (Lipinski definition) is 0. The summed E-state index contributed by atoms with van der Waals surface area (Å²) in [6.45, 7) is 4.64. The molecule has 0 N–H and O–H groups in total. The van der Waals surface area contributed by atoms with Crippen molar-refractivity contribution in [1.29, 1.82) is 0 Å². The molecule has 2 aromatic carbocycles. The third kappa shape index (κ3) is 3.66. The summed E-state index contributed by atoms with van der Waals surface area (Å²) in [5.74, 6) is -0.418. The van der Waals surface area contributed by atoms with Crippen LogP contribution in [0.1, 0.15) is 35.5 Å². The fourth-order valence-electron chi connectivity index (χ4n) is 3.63. The molecule has 0 radical (unpaired) electrons. The number of carbonyl (C=O) groups excluding carboxylic acids is 1. The minimum Gasteiger partial charge on any atom is -0.328 e. The molecular formula is C25H22FN3O. The largest absolute Gasteiger partial charge is 0.328 e. The molecule has 150 valence electrons. The van der Waals surface area contributed by atoms with Crippen LogP contribution in [0.4, 0.5) is 4.39 Å². The lowest BCUT2D eigenvalue weighted by Gasteiger charge is -2.16. The molecule has 5 heteroatoms. The Hall–Kier alpha value is -3.60. The van der Waals surface area contributed by atoms with Gasteiger partial charge in [0, 0.05) is 36.1 Å². The molecule has 0 saturated heterocycles. The predicted molar refractivity (Wildman–Crippen MR) is 116 cm³/mol. The van der Waals surface area contributed by atoms with Gasteiger partial charge < -0.3 is 4.90 Å². The Morgan fingerprint density at radius 2 is 1.77 bits per heavy atom. The summed E-state index contributed by atoms with van der Waals surface area (Å²) in [6, 6.07) is 16.6. The second-order valence-electron chi connectivity index (χ2n) is 6.90. The molecule has 4 aromatic rings. The number of aromatic nitrogens is 2. The van der Waals surface area contributed by atoms with Crippen LogP contribution in [0.15, 0.2) is 73.2 Å². The average Bonchev–Trinajstić information content (AvgIpc) is 3.11. The van der Waals surface area contributed by atoms with E-state index in [0.717, 1.165) is 27.6 Å². The topological polar surface area (TPSA) is 46.1 Å². The van der Waals surface area contributed by atoms with Gasteiger partial charge in [-0.3, -0.25) is 14.8 Å². The second kappa shape index (κ2) is 8.41. The minimum atomic E-state index is -0.316. The molecule has 1 amide bonds. The van der Waals surface area contributed by atoms with Crippen LogP contribution in [0.5, 0.6) is 0 Å². The Labute approximate surface area is 175 Å². The van der Waals surface area contributed by atoms with Crippen molar-refractivity contribution in [2.24, 2.45) is 0 Å². The minimum absolute atomic E-state index is 0.102. The molecule has 2 aromatic heterocycles. The van der Waals surface area contributed by atoms with Crippen LogP contribution in [0.2, 0.25) is 0 Å². The van der Waals surface area contributed by atoms with Crippen LogP contribution in [-0.4, -0.2) is 20.8 Å². The lowest BCUT2D eigenvalue weighted by Crippen LogP contribution is -2.23. The van der Waals surface area contributed by atoms with Crippen molar-refractivity contribution in [2.75, 3.05) is 0 Å². The quantitative estimate of drug-likeness (QED) is 0.449. The molecule has 0 atom stereocenters. The van der Waals surface area contributed by atoms with E-state index in [-0.39, 0.29) is 18.3 Å². The molecule has 0 bridgehead atoms. The van der Waals surface area contributed by atoms with Crippen molar-refractivity contribution in [3.8, 4) is 11.1 Å². The summed E-state index contributed by atoms with van der Waals surface area (Å²) in [6.07, 6.45) is 5.23. The van der Waals surface area contributed by atoms with E-state index in [1.54, 1.807) is 35.5 Å². The SMILES string of the molecule is CC.O=C1c2cccnc2CN1Cc1ccc(-c2ccc3cnccc3c2)cc1F. The Balaban J connectivity index is 0.00000106. The van der Waals surface area contributed by atoms with Gasteiger partial charge in [-0.2, -0.15) is 0 Å². The number of carbonyl (C=O) groups is 1. The zero-order valence-electron chi connectivity index (χ0n) is 17.0. The van der Waals surface area contributed by atoms with Crippen LogP contribution < -0.4 is 0 Å². The molecule has 0 aliphatic carbocycles. The highest BCUT2D eigenvalue weighted by atomic mass is 19.1. The van der Waals surface area contributed by atoms with Gasteiger partial charge in [0.1, 0.15) is 5.82 Å². The van der Waals surface area contributed by atoms with Crippen molar-refractivity contribution < 1.29 is 9.18 Å². The molecule has 0 spiro atoms. The predicted octanol–water partition coefficient (Wildman–Crippen LogP) is 5.62. The van der Waals surface area contributed by atoms with Crippen LogP contribution in [0.25, 0.3) is 21.9 Å². The number of fused-ring (bicyclic) bond motifs is 2. The summed E-state index contributed by atoms with van der Waals surface area (Å²) in [4.78, 5) is 22.5. The Kier molecular flexibility index (Phi) is 5.53. The maximum Gasteiger partial charge on any atom is 0.256 e. The molecule has 3 heterocycles. The standard InChI is InChI=1S/C23H16FN3O.C2H6/c24-21-11-16(15-3-5-18-12-25-9-7-17(18)10-15)4-6-19(21)13-27-14-22-20(23(27)28)2-1-8-26-22;1-2/h1-12H,13-14H2;1-2H3. The van der Waals surface area contributed by atoms with Gasteiger partial charge in [-0.1, -0.05) is 38.1 Å². The van der Waals surface area contributed by atoms with E-state index in [9.17, 15) is 9.18 Å². The molecule has 0 fully saturated rings. The van der Waals surface area contributed by atoms with Crippen molar-refractivity contribution in [3.63, 3.8) is 0 Å². The van der Waals surface area contributed by atoms with Gasteiger partial charge in [0.2, 0.25) is 0 Å². The van der Waals surface area contributed by atoms with E-state index in [4.69, 9.17) is 0 Å². The van der Waals surface area contributed by atoms with Crippen LogP contribution in [0.3, 0.4) is 0 Å². The Morgan fingerprint density at radius 1 is 0.967 bits per heavy atom. The van der Waals surface area contributed by atoms with Gasteiger partial charge >= 0.3 is 0 Å². The fourth-order valence-corrected chi connectivity index (χ4v) is 3.63. The monoisotopic (exact) mass is 399 g/mol. The lowest BCUT2D eigenvalue weighted by atomic mass is 10.0. The zero-order valence-corrected chi connectivity index (χ0v) is 17.0. The molecule has 30 heavy (non-hydrogen) atoms. The normalized spacial score (nSPS) is 12.5. The first-order valence-corrected chi connectivity index (χ1v) is 10.0. The summed E-state index contributed by atoms with van der Waals surface area (Å²) in [7, 11) is 0. The average molecular weight is 399 g/mol.